The Labute approximate surface area is 102 Å². The number of methoxy groups -OCH3 is 1. The van der Waals surface area contributed by atoms with Crippen LogP contribution in [0, 0.1) is 0 Å². The molecule has 4 heteroatoms. The van der Waals surface area contributed by atoms with Gasteiger partial charge in [-0.05, 0) is 37.1 Å². The monoisotopic (exact) mass is 237 g/mol. The minimum absolute atomic E-state index is 0.0171. The predicted octanol–water partition coefficient (Wildman–Crippen LogP) is 1.32. The van der Waals surface area contributed by atoms with Gasteiger partial charge in [0, 0.05) is 6.54 Å². The molecule has 17 heavy (non-hydrogen) atoms. The van der Waals surface area contributed by atoms with Gasteiger partial charge in [0.25, 0.3) is 0 Å². The quantitative estimate of drug-likeness (QED) is 0.829. The van der Waals surface area contributed by atoms with Crippen molar-refractivity contribution in [2.45, 2.75) is 25.6 Å². The summed E-state index contributed by atoms with van der Waals surface area (Å²) in [4.78, 5) is 0. The number of piperidine rings is 1. The third-order valence-electron chi connectivity index (χ3n) is 2.96. The zero-order chi connectivity index (χ0) is 12.1. The second-order valence-electron chi connectivity index (χ2n) is 4.23. The van der Waals surface area contributed by atoms with E-state index in [0.717, 1.165) is 31.5 Å². The van der Waals surface area contributed by atoms with Crippen LogP contribution in [0.3, 0.4) is 0 Å². The van der Waals surface area contributed by atoms with Crippen molar-refractivity contribution in [2.75, 3.05) is 20.2 Å². The van der Waals surface area contributed by atoms with Crippen molar-refractivity contribution in [1.29, 1.82) is 0 Å². The molecule has 0 amide bonds. The van der Waals surface area contributed by atoms with Gasteiger partial charge in [0.15, 0.2) is 11.5 Å². The van der Waals surface area contributed by atoms with Crippen molar-refractivity contribution < 1.29 is 14.6 Å². The van der Waals surface area contributed by atoms with E-state index in [1.807, 2.05) is 18.2 Å². The second-order valence-corrected chi connectivity index (χ2v) is 4.23. The van der Waals surface area contributed by atoms with E-state index < -0.39 is 0 Å². The minimum Gasteiger partial charge on any atom is -0.493 e. The van der Waals surface area contributed by atoms with Crippen LogP contribution in [0.1, 0.15) is 18.4 Å². The Morgan fingerprint density at radius 2 is 2.29 bits per heavy atom. The van der Waals surface area contributed by atoms with Crippen molar-refractivity contribution in [3.63, 3.8) is 0 Å². The van der Waals surface area contributed by atoms with Gasteiger partial charge in [-0.3, -0.25) is 0 Å². The van der Waals surface area contributed by atoms with Gasteiger partial charge >= 0.3 is 0 Å². The molecule has 0 spiro atoms. The molecule has 1 aliphatic heterocycles. The van der Waals surface area contributed by atoms with Crippen LogP contribution < -0.4 is 14.8 Å². The van der Waals surface area contributed by atoms with Crippen LogP contribution in [0.25, 0.3) is 0 Å². The average Bonchev–Trinajstić information content (AvgIpc) is 2.40. The first-order valence-corrected chi connectivity index (χ1v) is 5.98. The van der Waals surface area contributed by atoms with E-state index in [1.54, 1.807) is 7.11 Å². The van der Waals surface area contributed by atoms with E-state index >= 15 is 0 Å². The molecule has 0 aliphatic carbocycles. The number of aliphatic hydroxyl groups is 1. The molecule has 0 saturated carbocycles. The molecule has 0 radical (unpaired) electrons. The number of hydrogen-bond acceptors (Lipinski definition) is 4. The number of ether oxygens (including phenoxy) is 2. The molecular formula is C13H19NO3. The highest BCUT2D eigenvalue weighted by Crippen LogP contribution is 2.29. The minimum atomic E-state index is 0.0171. The first-order valence-electron chi connectivity index (χ1n) is 5.98. The molecule has 2 N–H and O–H groups in total. The van der Waals surface area contributed by atoms with Crippen LogP contribution in [-0.4, -0.2) is 31.4 Å². The van der Waals surface area contributed by atoms with Crippen molar-refractivity contribution in [3.8, 4) is 11.5 Å². The maximum Gasteiger partial charge on any atom is 0.162 e. The summed E-state index contributed by atoms with van der Waals surface area (Å²) in [6.07, 6.45) is 2.37. The average molecular weight is 237 g/mol. The van der Waals surface area contributed by atoms with Crippen LogP contribution in [0.2, 0.25) is 0 Å². The SMILES string of the molecule is COc1ccc(CO)cc1OC1CCCNC1. The topological polar surface area (TPSA) is 50.7 Å². The zero-order valence-electron chi connectivity index (χ0n) is 10.1. The van der Waals surface area contributed by atoms with Crippen molar-refractivity contribution >= 4 is 0 Å². The van der Waals surface area contributed by atoms with E-state index in [-0.39, 0.29) is 12.7 Å². The van der Waals surface area contributed by atoms with E-state index in [0.29, 0.717) is 11.5 Å². The normalized spacial score (nSPS) is 20.0. The van der Waals surface area contributed by atoms with Crippen LogP contribution >= 0.6 is 0 Å². The Bertz CT molecular complexity index is 362. The van der Waals surface area contributed by atoms with Gasteiger partial charge in [0.1, 0.15) is 6.10 Å². The third kappa shape index (κ3) is 3.11. The largest absolute Gasteiger partial charge is 0.493 e. The molecule has 0 aromatic heterocycles. The molecule has 1 saturated heterocycles. The molecule has 1 aromatic rings. The van der Waals surface area contributed by atoms with Crippen LogP contribution in [-0.2, 0) is 6.61 Å². The summed E-state index contributed by atoms with van der Waals surface area (Å²) in [5, 5.41) is 12.4. The smallest absolute Gasteiger partial charge is 0.162 e. The zero-order valence-corrected chi connectivity index (χ0v) is 10.1. The van der Waals surface area contributed by atoms with Gasteiger partial charge in [0.2, 0.25) is 0 Å². The highest BCUT2D eigenvalue weighted by Gasteiger charge is 2.16. The maximum absolute atomic E-state index is 9.12. The third-order valence-corrected chi connectivity index (χ3v) is 2.96. The van der Waals surface area contributed by atoms with Crippen molar-refractivity contribution in [3.05, 3.63) is 23.8 Å². The Morgan fingerprint density at radius 3 is 2.94 bits per heavy atom. The highest BCUT2D eigenvalue weighted by atomic mass is 16.5. The first-order chi connectivity index (χ1) is 8.33. The van der Waals surface area contributed by atoms with Crippen LogP contribution in [0.15, 0.2) is 18.2 Å². The molecule has 0 bridgehead atoms. The Kier molecular flexibility index (Phi) is 4.23. The summed E-state index contributed by atoms with van der Waals surface area (Å²) in [6, 6.07) is 5.51. The fourth-order valence-corrected chi connectivity index (χ4v) is 2.01. The Morgan fingerprint density at radius 1 is 1.41 bits per heavy atom. The number of aliphatic hydroxyl groups excluding tert-OH is 1. The van der Waals surface area contributed by atoms with Gasteiger partial charge in [-0.25, -0.2) is 0 Å². The Hall–Kier alpha value is -1.26. The Balaban J connectivity index is 2.11. The molecule has 1 aliphatic rings. The fraction of sp³-hybridized carbons (Fsp3) is 0.538. The molecule has 2 rings (SSSR count). The molecule has 94 valence electrons. The highest BCUT2D eigenvalue weighted by molar-refractivity contribution is 5.43. The molecular weight excluding hydrogens is 218 g/mol. The molecule has 1 heterocycles. The molecule has 1 atom stereocenters. The van der Waals surface area contributed by atoms with E-state index in [9.17, 15) is 0 Å². The number of hydrogen-bond donors (Lipinski definition) is 2. The standard InChI is InChI=1S/C13H19NO3/c1-16-12-5-4-10(9-15)7-13(12)17-11-3-2-6-14-8-11/h4-5,7,11,14-15H,2-3,6,8-9H2,1H3. The van der Waals surface area contributed by atoms with Crippen molar-refractivity contribution in [1.82, 2.24) is 5.32 Å². The summed E-state index contributed by atoms with van der Waals surface area (Å²) >= 11 is 0. The van der Waals surface area contributed by atoms with Gasteiger partial charge < -0.3 is 19.9 Å². The second kappa shape index (κ2) is 5.89. The van der Waals surface area contributed by atoms with Gasteiger partial charge in [-0.2, -0.15) is 0 Å². The summed E-state index contributed by atoms with van der Waals surface area (Å²) < 4.78 is 11.2. The molecule has 1 unspecified atom stereocenters. The van der Waals surface area contributed by atoms with Gasteiger partial charge in [0.05, 0.1) is 13.7 Å². The summed E-state index contributed by atoms with van der Waals surface area (Å²) in [7, 11) is 1.62. The van der Waals surface area contributed by atoms with Crippen LogP contribution in [0.4, 0.5) is 0 Å². The fourth-order valence-electron chi connectivity index (χ4n) is 2.01. The van der Waals surface area contributed by atoms with Crippen LogP contribution in [0.5, 0.6) is 11.5 Å². The summed E-state index contributed by atoms with van der Waals surface area (Å²) in [5.41, 5.74) is 0.838. The lowest BCUT2D eigenvalue weighted by molar-refractivity contribution is 0.160. The summed E-state index contributed by atoms with van der Waals surface area (Å²) in [6.45, 7) is 1.95. The first kappa shape index (κ1) is 12.2. The lowest BCUT2D eigenvalue weighted by Crippen LogP contribution is -2.37. The predicted molar refractivity (Wildman–Crippen MR) is 65.4 cm³/mol. The van der Waals surface area contributed by atoms with E-state index in [1.165, 1.54) is 0 Å². The van der Waals surface area contributed by atoms with E-state index in [4.69, 9.17) is 14.6 Å². The number of rotatable bonds is 4. The van der Waals surface area contributed by atoms with Crippen molar-refractivity contribution in [2.24, 2.45) is 0 Å². The lowest BCUT2D eigenvalue weighted by Gasteiger charge is -2.25. The van der Waals surface area contributed by atoms with E-state index in [2.05, 4.69) is 5.32 Å². The number of nitrogens with one attached hydrogen (secondary N) is 1. The molecule has 4 nitrogen and oxygen atoms in total. The van der Waals surface area contributed by atoms with Gasteiger partial charge in [-0.1, -0.05) is 6.07 Å². The number of benzene rings is 1. The van der Waals surface area contributed by atoms with Gasteiger partial charge in [-0.15, -0.1) is 0 Å². The lowest BCUT2D eigenvalue weighted by atomic mass is 10.1. The molecule has 1 aromatic carbocycles. The molecule has 1 fully saturated rings. The maximum atomic E-state index is 9.12. The summed E-state index contributed by atoms with van der Waals surface area (Å²) in [5.74, 6) is 1.43.